The summed E-state index contributed by atoms with van der Waals surface area (Å²) in [6.45, 7) is 0. The Labute approximate surface area is 170 Å². The number of imide groups is 1. The minimum Gasteiger partial charge on any atom is -0.295 e. The number of rotatable bonds is 4. The molecule has 1 N–H and O–H groups in total. The second-order valence-electron chi connectivity index (χ2n) is 6.79. The van der Waals surface area contributed by atoms with E-state index in [0.717, 1.165) is 23.5 Å². The number of carbonyl (C=O) groups excluding carboxylic acids is 4. The highest BCUT2D eigenvalue weighted by atomic mass is 32.2. The maximum absolute atomic E-state index is 12.7. The van der Waals surface area contributed by atoms with E-state index in [4.69, 9.17) is 0 Å². The molecular formula is C21H17NO4S2. The first kappa shape index (κ1) is 19.0. The Morgan fingerprint density at radius 3 is 2.07 bits per heavy atom. The maximum Gasteiger partial charge on any atom is 0.244 e. The fraction of sp³-hybridized carbons (Fsp3) is 0.238. The van der Waals surface area contributed by atoms with Gasteiger partial charge in [-0.3, -0.25) is 24.5 Å². The van der Waals surface area contributed by atoms with Crippen LogP contribution in [-0.4, -0.2) is 32.0 Å². The van der Waals surface area contributed by atoms with Crippen molar-refractivity contribution < 1.29 is 19.2 Å². The van der Waals surface area contributed by atoms with Gasteiger partial charge in [0.15, 0.2) is 0 Å². The highest BCUT2D eigenvalue weighted by Gasteiger charge is 2.63. The highest BCUT2D eigenvalue weighted by molar-refractivity contribution is 8.16. The fourth-order valence-corrected chi connectivity index (χ4v) is 6.48. The van der Waals surface area contributed by atoms with Crippen LogP contribution in [0, 0.1) is 5.92 Å². The van der Waals surface area contributed by atoms with Crippen molar-refractivity contribution in [3.63, 3.8) is 0 Å². The molecule has 2 aliphatic rings. The molecular weight excluding hydrogens is 394 g/mol. The monoisotopic (exact) mass is 411 g/mol. The predicted octanol–water partition coefficient (Wildman–Crippen LogP) is 3.31. The third-order valence-electron chi connectivity index (χ3n) is 5.13. The summed E-state index contributed by atoms with van der Waals surface area (Å²) < 4.78 is -1.14. The molecule has 1 aliphatic carbocycles. The van der Waals surface area contributed by atoms with Crippen LogP contribution in [0.1, 0.15) is 33.6 Å². The van der Waals surface area contributed by atoms with Gasteiger partial charge in [-0.15, -0.1) is 0 Å². The molecule has 7 heteroatoms. The van der Waals surface area contributed by atoms with E-state index >= 15 is 0 Å². The summed E-state index contributed by atoms with van der Waals surface area (Å²) in [5.41, 5.74) is 1.05. The standard InChI is InChI=1S/C21H17NO4S2/c23-17-16-15(27-18(24)13-7-3-1-4-8-13)11-12-21(16,20(26)22-17)28-19(25)14-9-5-2-6-10-14/h1-10,15-16H,11-12H2,(H,22,23,26)/t15?,16-,21+/m1/s1. The van der Waals surface area contributed by atoms with Gasteiger partial charge in [0.05, 0.1) is 5.92 Å². The Balaban J connectivity index is 1.57. The van der Waals surface area contributed by atoms with Gasteiger partial charge in [0.1, 0.15) is 4.75 Å². The second-order valence-corrected chi connectivity index (χ2v) is 9.30. The summed E-state index contributed by atoms with van der Waals surface area (Å²) >= 11 is 2.01. The molecule has 1 heterocycles. The lowest BCUT2D eigenvalue weighted by Gasteiger charge is -2.24. The molecule has 1 aliphatic heterocycles. The zero-order chi connectivity index (χ0) is 19.7. The van der Waals surface area contributed by atoms with Crippen molar-refractivity contribution in [3.8, 4) is 0 Å². The van der Waals surface area contributed by atoms with Crippen LogP contribution in [0.25, 0.3) is 0 Å². The Bertz CT molecular complexity index is 947. The number of nitrogens with one attached hydrogen (secondary N) is 1. The van der Waals surface area contributed by atoms with Gasteiger partial charge in [0.2, 0.25) is 22.0 Å². The number of carbonyl (C=O) groups is 4. The van der Waals surface area contributed by atoms with E-state index in [1.54, 1.807) is 48.5 Å². The summed E-state index contributed by atoms with van der Waals surface area (Å²) in [6.07, 6.45) is 0.917. The third kappa shape index (κ3) is 3.29. The van der Waals surface area contributed by atoms with E-state index < -0.39 is 22.5 Å². The summed E-state index contributed by atoms with van der Waals surface area (Å²) in [6, 6.07) is 17.6. The largest absolute Gasteiger partial charge is 0.295 e. The minimum absolute atomic E-state index is 0.132. The summed E-state index contributed by atoms with van der Waals surface area (Å²) in [5.74, 6) is -1.52. The molecule has 2 fully saturated rings. The predicted molar refractivity (Wildman–Crippen MR) is 109 cm³/mol. The van der Waals surface area contributed by atoms with Crippen LogP contribution >= 0.6 is 23.5 Å². The Morgan fingerprint density at radius 2 is 1.46 bits per heavy atom. The van der Waals surface area contributed by atoms with Gasteiger partial charge < -0.3 is 0 Å². The molecule has 2 aromatic rings. The van der Waals surface area contributed by atoms with Crippen LogP contribution in [0.2, 0.25) is 0 Å². The molecule has 2 amide bonds. The lowest BCUT2D eigenvalue weighted by Crippen LogP contribution is -2.38. The molecule has 142 valence electrons. The summed E-state index contributed by atoms with van der Waals surface area (Å²) in [4.78, 5) is 50.5. The highest BCUT2D eigenvalue weighted by Crippen LogP contribution is 2.54. The first-order valence-corrected chi connectivity index (χ1v) is 10.6. The van der Waals surface area contributed by atoms with Crippen molar-refractivity contribution in [1.29, 1.82) is 0 Å². The molecule has 1 unspecified atom stereocenters. The zero-order valence-corrected chi connectivity index (χ0v) is 16.4. The van der Waals surface area contributed by atoms with Gasteiger partial charge in [-0.1, -0.05) is 84.2 Å². The summed E-state index contributed by atoms with van der Waals surface area (Å²) in [7, 11) is 0. The quantitative estimate of drug-likeness (QED) is 0.778. The number of benzene rings is 2. The normalized spacial score (nSPS) is 26.0. The van der Waals surface area contributed by atoms with Crippen molar-refractivity contribution in [1.82, 2.24) is 5.32 Å². The molecule has 1 saturated heterocycles. The van der Waals surface area contributed by atoms with E-state index in [0.29, 0.717) is 24.0 Å². The van der Waals surface area contributed by atoms with Gasteiger partial charge in [-0.05, 0) is 12.8 Å². The third-order valence-corrected chi connectivity index (χ3v) is 7.82. The van der Waals surface area contributed by atoms with Gasteiger partial charge in [0.25, 0.3) is 0 Å². The first-order valence-electron chi connectivity index (χ1n) is 8.91. The average molecular weight is 412 g/mol. The van der Waals surface area contributed by atoms with E-state index in [1.165, 1.54) is 0 Å². The van der Waals surface area contributed by atoms with Crippen LogP contribution in [0.15, 0.2) is 60.7 Å². The molecule has 28 heavy (non-hydrogen) atoms. The second kappa shape index (κ2) is 7.56. The lowest BCUT2D eigenvalue weighted by atomic mass is 9.98. The van der Waals surface area contributed by atoms with Gasteiger partial charge in [-0.25, -0.2) is 0 Å². The number of thioether (sulfide) groups is 2. The number of hydrogen-bond acceptors (Lipinski definition) is 6. The minimum atomic E-state index is -1.14. The molecule has 2 aromatic carbocycles. The zero-order valence-electron chi connectivity index (χ0n) is 14.8. The van der Waals surface area contributed by atoms with Crippen LogP contribution < -0.4 is 5.32 Å². The number of hydrogen-bond donors (Lipinski definition) is 1. The van der Waals surface area contributed by atoms with Crippen LogP contribution in [0.5, 0.6) is 0 Å². The molecule has 1 saturated carbocycles. The number of amides is 2. The average Bonchev–Trinajstić information content (AvgIpc) is 3.19. The van der Waals surface area contributed by atoms with E-state index in [-0.39, 0.29) is 15.5 Å². The fourth-order valence-electron chi connectivity index (χ4n) is 3.78. The van der Waals surface area contributed by atoms with Gasteiger partial charge >= 0.3 is 0 Å². The van der Waals surface area contributed by atoms with Crippen molar-refractivity contribution >= 4 is 45.6 Å². The molecule has 0 spiro atoms. The smallest absolute Gasteiger partial charge is 0.244 e. The van der Waals surface area contributed by atoms with Crippen LogP contribution in [0.3, 0.4) is 0 Å². The van der Waals surface area contributed by atoms with Crippen molar-refractivity contribution in [2.45, 2.75) is 22.8 Å². The van der Waals surface area contributed by atoms with E-state index in [1.807, 2.05) is 12.1 Å². The topological polar surface area (TPSA) is 80.3 Å². The number of fused-ring (bicyclic) bond motifs is 1. The molecule has 4 rings (SSSR count). The molecule has 3 atom stereocenters. The van der Waals surface area contributed by atoms with Crippen molar-refractivity contribution in [3.05, 3.63) is 71.8 Å². The van der Waals surface area contributed by atoms with Crippen LogP contribution in [0.4, 0.5) is 0 Å². The van der Waals surface area contributed by atoms with E-state index in [2.05, 4.69) is 5.32 Å². The van der Waals surface area contributed by atoms with Gasteiger partial charge in [-0.2, -0.15) is 0 Å². The molecule has 0 bridgehead atoms. The first-order chi connectivity index (χ1) is 13.5. The molecule has 0 aromatic heterocycles. The molecule has 0 radical (unpaired) electrons. The van der Waals surface area contributed by atoms with E-state index in [9.17, 15) is 19.2 Å². The Hall–Kier alpha value is -2.38. The lowest BCUT2D eigenvalue weighted by molar-refractivity contribution is -0.126. The van der Waals surface area contributed by atoms with Gasteiger partial charge in [0, 0.05) is 16.4 Å². The van der Waals surface area contributed by atoms with Crippen molar-refractivity contribution in [2.75, 3.05) is 0 Å². The van der Waals surface area contributed by atoms with Crippen molar-refractivity contribution in [2.24, 2.45) is 5.92 Å². The maximum atomic E-state index is 12.7. The van der Waals surface area contributed by atoms with Crippen LogP contribution in [-0.2, 0) is 9.59 Å². The Morgan fingerprint density at radius 1 is 0.893 bits per heavy atom. The summed E-state index contributed by atoms with van der Waals surface area (Å²) in [5, 5.41) is 1.67. The Kier molecular flexibility index (Phi) is 5.12. The molecule has 5 nitrogen and oxygen atoms in total. The SMILES string of the molecule is O=C(SC1CC[C@@]2(SC(=O)c3ccccc3)C(=O)NC(=O)[C@@H]12)c1ccccc1.